The van der Waals surface area contributed by atoms with E-state index in [-0.39, 0.29) is 11.7 Å². The van der Waals surface area contributed by atoms with Crippen molar-refractivity contribution in [2.45, 2.75) is 4.34 Å². The minimum Gasteiger partial charge on any atom is -0.493 e. The SMILES string of the molecule is C=CCOc1ccc(/C=N\NC(=O)CSc2nc3ccccc3s2)cc1OC. The third-order valence-corrected chi connectivity index (χ3v) is 5.73. The molecule has 0 unspecified atom stereocenters. The quantitative estimate of drug-likeness (QED) is 0.247. The lowest BCUT2D eigenvalue weighted by atomic mass is 10.2. The van der Waals surface area contributed by atoms with Gasteiger partial charge in [-0.05, 0) is 35.9 Å². The van der Waals surface area contributed by atoms with E-state index in [0.29, 0.717) is 18.1 Å². The summed E-state index contributed by atoms with van der Waals surface area (Å²) in [7, 11) is 1.57. The maximum atomic E-state index is 12.0. The van der Waals surface area contributed by atoms with Crippen molar-refractivity contribution in [2.24, 2.45) is 5.10 Å². The van der Waals surface area contributed by atoms with Crippen LogP contribution in [0.3, 0.4) is 0 Å². The number of nitrogens with one attached hydrogen (secondary N) is 1. The molecule has 1 heterocycles. The van der Waals surface area contributed by atoms with Gasteiger partial charge in [-0.2, -0.15) is 5.10 Å². The Morgan fingerprint density at radius 3 is 2.96 bits per heavy atom. The van der Waals surface area contributed by atoms with Gasteiger partial charge < -0.3 is 9.47 Å². The van der Waals surface area contributed by atoms with Crippen LogP contribution in [0.25, 0.3) is 10.2 Å². The zero-order valence-electron chi connectivity index (χ0n) is 15.3. The molecule has 8 heteroatoms. The molecule has 28 heavy (non-hydrogen) atoms. The number of thiazole rings is 1. The van der Waals surface area contributed by atoms with E-state index < -0.39 is 0 Å². The number of hydrogen-bond donors (Lipinski definition) is 1. The van der Waals surface area contributed by atoms with Crippen LogP contribution >= 0.6 is 23.1 Å². The highest BCUT2D eigenvalue weighted by Crippen LogP contribution is 2.29. The third kappa shape index (κ3) is 5.34. The number of methoxy groups -OCH3 is 1. The van der Waals surface area contributed by atoms with Gasteiger partial charge in [0.05, 0.1) is 29.3 Å². The molecule has 6 nitrogen and oxygen atoms in total. The number of carbonyl (C=O) groups is 1. The molecule has 0 saturated carbocycles. The van der Waals surface area contributed by atoms with Crippen LogP contribution < -0.4 is 14.9 Å². The van der Waals surface area contributed by atoms with Crippen molar-refractivity contribution in [1.29, 1.82) is 0 Å². The Morgan fingerprint density at radius 1 is 1.32 bits per heavy atom. The van der Waals surface area contributed by atoms with Gasteiger partial charge in [0.25, 0.3) is 5.91 Å². The van der Waals surface area contributed by atoms with E-state index in [1.54, 1.807) is 42.9 Å². The summed E-state index contributed by atoms with van der Waals surface area (Å²) in [5, 5.41) is 4.00. The summed E-state index contributed by atoms with van der Waals surface area (Å²) in [5.74, 6) is 1.26. The fraction of sp³-hybridized carbons (Fsp3) is 0.150. The first-order valence-corrected chi connectivity index (χ1v) is 10.2. The Morgan fingerprint density at radius 2 is 2.18 bits per heavy atom. The van der Waals surface area contributed by atoms with Gasteiger partial charge in [-0.3, -0.25) is 4.79 Å². The molecule has 1 aromatic heterocycles. The summed E-state index contributed by atoms with van der Waals surface area (Å²) in [6.07, 6.45) is 3.22. The smallest absolute Gasteiger partial charge is 0.250 e. The number of para-hydroxylation sites is 1. The fourth-order valence-electron chi connectivity index (χ4n) is 2.28. The summed E-state index contributed by atoms with van der Waals surface area (Å²) in [6.45, 7) is 4.01. The highest BCUT2D eigenvalue weighted by molar-refractivity contribution is 8.01. The zero-order valence-corrected chi connectivity index (χ0v) is 16.9. The van der Waals surface area contributed by atoms with Gasteiger partial charge in [-0.25, -0.2) is 10.4 Å². The predicted octanol–water partition coefficient (Wildman–Crippen LogP) is 4.11. The minimum absolute atomic E-state index is 0.196. The van der Waals surface area contributed by atoms with Crippen LogP contribution in [-0.4, -0.2) is 36.6 Å². The molecule has 1 amide bonds. The van der Waals surface area contributed by atoms with E-state index in [9.17, 15) is 4.79 Å². The van der Waals surface area contributed by atoms with E-state index in [1.165, 1.54) is 11.8 Å². The van der Waals surface area contributed by atoms with Crippen LogP contribution in [0.2, 0.25) is 0 Å². The minimum atomic E-state index is -0.196. The van der Waals surface area contributed by atoms with Crippen LogP contribution in [0.4, 0.5) is 0 Å². The molecular formula is C20H19N3O3S2. The first kappa shape index (κ1) is 19.9. The first-order valence-electron chi connectivity index (χ1n) is 8.41. The van der Waals surface area contributed by atoms with Crippen LogP contribution in [0.15, 0.2) is 64.6 Å². The van der Waals surface area contributed by atoms with Gasteiger partial charge in [-0.15, -0.1) is 11.3 Å². The van der Waals surface area contributed by atoms with Crippen molar-refractivity contribution >= 4 is 45.4 Å². The van der Waals surface area contributed by atoms with Gasteiger partial charge in [-0.1, -0.05) is 36.5 Å². The molecule has 0 fully saturated rings. The van der Waals surface area contributed by atoms with Crippen LogP contribution in [0.1, 0.15) is 5.56 Å². The number of rotatable bonds is 9. The van der Waals surface area contributed by atoms with Gasteiger partial charge in [0.1, 0.15) is 6.61 Å². The summed E-state index contributed by atoms with van der Waals surface area (Å²) < 4.78 is 12.8. The standard InChI is InChI=1S/C20H19N3O3S2/c1-3-10-26-16-9-8-14(11-17(16)25-2)12-21-23-19(24)13-27-20-22-15-6-4-5-7-18(15)28-20/h3-9,11-12H,1,10,13H2,2H3,(H,23,24)/b21-12-. The van der Waals surface area contributed by atoms with Gasteiger partial charge in [0.15, 0.2) is 15.8 Å². The summed E-state index contributed by atoms with van der Waals surface area (Å²) in [4.78, 5) is 16.5. The van der Waals surface area contributed by atoms with Crippen molar-refractivity contribution in [3.05, 3.63) is 60.7 Å². The van der Waals surface area contributed by atoms with E-state index in [4.69, 9.17) is 9.47 Å². The molecule has 0 aliphatic rings. The molecule has 0 atom stereocenters. The topological polar surface area (TPSA) is 72.8 Å². The molecule has 0 spiro atoms. The summed E-state index contributed by atoms with van der Waals surface area (Å²) >= 11 is 2.97. The lowest BCUT2D eigenvalue weighted by Gasteiger charge is -2.09. The first-order chi connectivity index (χ1) is 13.7. The molecule has 0 aliphatic carbocycles. The van der Waals surface area contributed by atoms with Crippen molar-refractivity contribution < 1.29 is 14.3 Å². The molecule has 144 valence electrons. The maximum absolute atomic E-state index is 12.0. The zero-order chi connectivity index (χ0) is 19.8. The molecule has 1 N–H and O–H groups in total. The predicted molar refractivity (Wildman–Crippen MR) is 115 cm³/mol. The van der Waals surface area contributed by atoms with Crippen molar-refractivity contribution in [3.63, 3.8) is 0 Å². The second-order valence-electron chi connectivity index (χ2n) is 5.54. The second kappa shape index (κ2) is 9.91. The van der Waals surface area contributed by atoms with Crippen molar-refractivity contribution in [2.75, 3.05) is 19.5 Å². The van der Waals surface area contributed by atoms with E-state index >= 15 is 0 Å². The number of ether oxygens (including phenoxy) is 2. The normalized spacial score (nSPS) is 10.9. The number of hydrazone groups is 1. The van der Waals surface area contributed by atoms with Crippen LogP contribution in [0, 0.1) is 0 Å². The largest absolute Gasteiger partial charge is 0.493 e. The summed E-state index contributed by atoms with van der Waals surface area (Å²) in [5.41, 5.74) is 4.25. The van der Waals surface area contributed by atoms with E-state index in [2.05, 4.69) is 22.1 Å². The van der Waals surface area contributed by atoms with Crippen LogP contribution in [0.5, 0.6) is 11.5 Å². The number of thioether (sulfide) groups is 1. The number of amides is 1. The highest BCUT2D eigenvalue weighted by Gasteiger charge is 2.07. The molecule has 3 rings (SSSR count). The Kier molecular flexibility index (Phi) is 7.05. The molecular weight excluding hydrogens is 394 g/mol. The number of benzene rings is 2. The number of aromatic nitrogens is 1. The summed E-state index contributed by atoms with van der Waals surface area (Å²) in [6, 6.07) is 13.3. The Hall–Kier alpha value is -2.84. The lowest BCUT2D eigenvalue weighted by molar-refractivity contribution is -0.118. The number of hydrogen-bond acceptors (Lipinski definition) is 7. The number of carbonyl (C=O) groups excluding carboxylic acids is 1. The average Bonchev–Trinajstić information content (AvgIpc) is 3.14. The molecule has 0 radical (unpaired) electrons. The van der Waals surface area contributed by atoms with Crippen molar-refractivity contribution in [1.82, 2.24) is 10.4 Å². The molecule has 2 aromatic carbocycles. The molecule has 0 bridgehead atoms. The fourth-order valence-corrected chi connectivity index (χ4v) is 4.14. The molecule has 3 aromatic rings. The highest BCUT2D eigenvalue weighted by atomic mass is 32.2. The molecule has 0 saturated heterocycles. The Balaban J connectivity index is 1.52. The Labute approximate surface area is 171 Å². The Bertz CT molecular complexity index is 968. The third-order valence-electron chi connectivity index (χ3n) is 3.55. The van der Waals surface area contributed by atoms with Gasteiger partial charge >= 0.3 is 0 Å². The van der Waals surface area contributed by atoms with E-state index in [1.807, 2.05) is 30.3 Å². The van der Waals surface area contributed by atoms with Gasteiger partial charge in [0.2, 0.25) is 0 Å². The number of nitrogens with zero attached hydrogens (tertiary/aromatic N) is 2. The van der Waals surface area contributed by atoms with Gasteiger partial charge in [0, 0.05) is 0 Å². The lowest BCUT2D eigenvalue weighted by Crippen LogP contribution is -2.19. The number of fused-ring (bicyclic) bond motifs is 1. The average molecular weight is 414 g/mol. The second-order valence-corrected chi connectivity index (χ2v) is 7.79. The maximum Gasteiger partial charge on any atom is 0.250 e. The molecule has 0 aliphatic heterocycles. The van der Waals surface area contributed by atoms with Crippen LogP contribution in [-0.2, 0) is 4.79 Å². The van der Waals surface area contributed by atoms with E-state index in [0.717, 1.165) is 20.1 Å². The monoisotopic (exact) mass is 413 g/mol. The van der Waals surface area contributed by atoms with Crippen molar-refractivity contribution in [3.8, 4) is 11.5 Å².